The number of carbonyl (C=O) groups excluding carboxylic acids is 1. The molecule has 1 aromatic rings. The zero-order valence-electron chi connectivity index (χ0n) is 11.2. The number of halogens is 1. The van der Waals surface area contributed by atoms with Crippen molar-refractivity contribution in [3.8, 4) is 0 Å². The second-order valence-electron chi connectivity index (χ2n) is 3.96. The van der Waals surface area contributed by atoms with Crippen molar-refractivity contribution in [2.75, 3.05) is 32.6 Å². The lowest BCUT2D eigenvalue weighted by Gasteiger charge is -2.08. The molecule has 8 heteroatoms. The van der Waals surface area contributed by atoms with Gasteiger partial charge >= 0.3 is 0 Å². The topological polar surface area (TPSA) is 93.5 Å². The number of hydrogen-bond acceptors (Lipinski definition) is 5. The van der Waals surface area contributed by atoms with Crippen LogP contribution in [0.1, 0.15) is 16.8 Å². The van der Waals surface area contributed by atoms with Crippen LogP contribution in [0.4, 0.5) is 15.8 Å². The number of nitrogens with zero attached hydrogens (tertiary/aromatic N) is 1. The first-order chi connectivity index (χ1) is 9.51. The standard InChI is InChI=1S/C12H16FN3O4/c1-14-10-6-8(11(16(18)19)7-9(10)13)12(17)15-4-3-5-20-2/h6-7,14H,3-5H2,1-2H3,(H,15,17). The van der Waals surface area contributed by atoms with Crippen LogP contribution >= 0.6 is 0 Å². The summed E-state index contributed by atoms with van der Waals surface area (Å²) in [5.41, 5.74) is -0.721. The van der Waals surface area contributed by atoms with Crippen molar-refractivity contribution in [1.29, 1.82) is 0 Å². The van der Waals surface area contributed by atoms with Crippen molar-refractivity contribution < 1.29 is 18.8 Å². The molecule has 0 bridgehead atoms. The molecule has 0 heterocycles. The van der Waals surface area contributed by atoms with Crippen molar-refractivity contribution in [2.45, 2.75) is 6.42 Å². The molecule has 0 aromatic heterocycles. The lowest BCUT2D eigenvalue weighted by atomic mass is 10.1. The predicted octanol–water partition coefficient (Wildman–Crippen LogP) is 1.54. The molecule has 2 N–H and O–H groups in total. The Hall–Kier alpha value is -2.22. The molecule has 0 unspecified atom stereocenters. The molecule has 0 atom stereocenters. The summed E-state index contributed by atoms with van der Waals surface area (Å²) in [6, 6.07) is 1.86. The average molecular weight is 285 g/mol. The van der Waals surface area contributed by atoms with Crippen LogP contribution in [-0.4, -0.2) is 38.1 Å². The molecule has 1 rings (SSSR count). The van der Waals surface area contributed by atoms with Crippen molar-refractivity contribution >= 4 is 17.3 Å². The van der Waals surface area contributed by atoms with Crippen LogP contribution in [0, 0.1) is 15.9 Å². The first kappa shape index (κ1) is 15.8. The molecule has 0 aliphatic rings. The van der Waals surface area contributed by atoms with E-state index in [1.807, 2.05) is 0 Å². The normalized spacial score (nSPS) is 10.2. The molecule has 0 aliphatic carbocycles. The molecule has 0 aliphatic heterocycles. The monoisotopic (exact) mass is 285 g/mol. The van der Waals surface area contributed by atoms with Gasteiger partial charge < -0.3 is 15.4 Å². The van der Waals surface area contributed by atoms with E-state index >= 15 is 0 Å². The van der Waals surface area contributed by atoms with E-state index < -0.39 is 22.3 Å². The van der Waals surface area contributed by atoms with Gasteiger partial charge in [0.15, 0.2) is 5.82 Å². The van der Waals surface area contributed by atoms with E-state index in [4.69, 9.17) is 4.74 Å². The molecule has 1 amide bonds. The van der Waals surface area contributed by atoms with Crippen LogP contribution in [-0.2, 0) is 4.74 Å². The first-order valence-electron chi connectivity index (χ1n) is 5.94. The molecule has 0 radical (unpaired) electrons. The number of hydrogen-bond donors (Lipinski definition) is 2. The van der Waals surface area contributed by atoms with E-state index in [2.05, 4.69) is 10.6 Å². The van der Waals surface area contributed by atoms with Gasteiger partial charge in [0.2, 0.25) is 0 Å². The summed E-state index contributed by atoms with van der Waals surface area (Å²) in [5, 5.41) is 15.9. The Morgan fingerprint density at radius 1 is 1.50 bits per heavy atom. The molecule has 0 fully saturated rings. The van der Waals surface area contributed by atoms with Crippen molar-refractivity contribution in [3.05, 3.63) is 33.6 Å². The van der Waals surface area contributed by atoms with Crippen LogP contribution in [0.15, 0.2) is 12.1 Å². The summed E-state index contributed by atoms with van der Waals surface area (Å²) in [4.78, 5) is 22.0. The highest BCUT2D eigenvalue weighted by Gasteiger charge is 2.23. The number of nitro benzene ring substituents is 1. The van der Waals surface area contributed by atoms with Crippen molar-refractivity contribution in [1.82, 2.24) is 5.32 Å². The maximum absolute atomic E-state index is 13.5. The Morgan fingerprint density at radius 2 is 2.20 bits per heavy atom. The highest BCUT2D eigenvalue weighted by atomic mass is 19.1. The van der Waals surface area contributed by atoms with Crippen LogP contribution in [0.25, 0.3) is 0 Å². The number of anilines is 1. The summed E-state index contributed by atoms with van der Waals surface area (Å²) >= 11 is 0. The van der Waals surface area contributed by atoms with Gasteiger partial charge in [-0.15, -0.1) is 0 Å². The first-order valence-corrected chi connectivity index (χ1v) is 5.94. The van der Waals surface area contributed by atoms with Gasteiger partial charge in [0.05, 0.1) is 16.7 Å². The Bertz CT molecular complexity index is 508. The molecule has 1 aromatic carbocycles. The lowest BCUT2D eigenvalue weighted by Crippen LogP contribution is -2.26. The van der Waals surface area contributed by atoms with E-state index in [1.165, 1.54) is 14.2 Å². The van der Waals surface area contributed by atoms with Crippen molar-refractivity contribution in [3.63, 3.8) is 0 Å². The van der Waals surface area contributed by atoms with Gasteiger partial charge in [-0.1, -0.05) is 0 Å². The molecule has 7 nitrogen and oxygen atoms in total. The molecular weight excluding hydrogens is 269 g/mol. The molecule has 110 valence electrons. The average Bonchev–Trinajstić information content (AvgIpc) is 2.42. The van der Waals surface area contributed by atoms with E-state index in [1.54, 1.807) is 0 Å². The van der Waals surface area contributed by atoms with Gasteiger partial charge in [-0.05, 0) is 12.5 Å². The van der Waals surface area contributed by atoms with Gasteiger partial charge in [0, 0.05) is 27.3 Å². The predicted molar refractivity (Wildman–Crippen MR) is 71.4 cm³/mol. The fraction of sp³-hybridized carbons (Fsp3) is 0.417. The number of benzene rings is 1. The fourth-order valence-corrected chi connectivity index (χ4v) is 1.60. The maximum Gasteiger partial charge on any atom is 0.285 e. The minimum atomic E-state index is -0.785. The van der Waals surface area contributed by atoms with Crippen LogP contribution in [0.2, 0.25) is 0 Å². The van der Waals surface area contributed by atoms with Crippen molar-refractivity contribution in [2.24, 2.45) is 0 Å². The highest BCUT2D eigenvalue weighted by molar-refractivity contribution is 5.99. The minimum absolute atomic E-state index is 0.0256. The summed E-state index contributed by atoms with van der Waals surface area (Å²) < 4.78 is 18.3. The second-order valence-corrected chi connectivity index (χ2v) is 3.96. The minimum Gasteiger partial charge on any atom is -0.386 e. The third kappa shape index (κ3) is 3.89. The Kier molecular flexibility index (Phi) is 5.85. The van der Waals surface area contributed by atoms with Gasteiger partial charge in [-0.25, -0.2) is 4.39 Å². The third-order valence-electron chi connectivity index (χ3n) is 2.61. The fourth-order valence-electron chi connectivity index (χ4n) is 1.60. The molecule has 20 heavy (non-hydrogen) atoms. The van der Waals surface area contributed by atoms with E-state index in [0.717, 1.165) is 12.1 Å². The zero-order valence-corrected chi connectivity index (χ0v) is 11.2. The highest BCUT2D eigenvalue weighted by Crippen LogP contribution is 2.25. The Balaban J connectivity index is 2.96. The Morgan fingerprint density at radius 3 is 2.75 bits per heavy atom. The molecule has 0 spiro atoms. The second kappa shape index (κ2) is 7.39. The number of rotatable bonds is 7. The van der Waals surface area contributed by atoms with Gasteiger partial charge in [0.25, 0.3) is 11.6 Å². The maximum atomic E-state index is 13.5. The smallest absolute Gasteiger partial charge is 0.285 e. The van der Waals surface area contributed by atoms with Crippen LogP contribution in [0.5, 0.6) is 0 Å². The molecular formula is C12H16FN3O4. The number of methoxy groups -OCH3 is 1. The quantitative estimate of drug-likeness (QED) is 0.450. The summed E-state index contributed by atoms with van der Waals surface area (Å²) in [5.74, 6) is -1.40. The van der Waals surface area contributed by atoms with Gasteiger partial charge in [-0.2, -0.15) is 0 Å². The molecule has 0 saturated carbocycles. The zero-order chi connectivity index (χ0) is 15.1. The van der Waals surface area contributed by atoms with Crippen LogP contribution in [0.3, 0.4) is 0 Å². The van der Waals surface area contributed by atoms with E-state index in [-0.39, 0.29) is 11.3 Å². The van der Waals surface area contributed by atoms with E-state index in [9.17, 15) is 19.3 Å². The van der Waals surface area contributed by atoms with Crippen LogP contribution < -0.4 is 10.6 Å². The largest absolute Gasteiger partial charge is 0.386 e. The van der Waals surface area contributed by atoms with E-state index in [0.29, 0.717) is 19.6 Å². The SMILES string of the molecule is CNc1cc(C(=O)NCCCOC)c([N+](=O)[O-])cc1F. The number of amides is 1. The third-order valence-corrected chi connectivity index (χ3v) is 2.61. The molecule has 0 saturated heterocycles. The summed E-state index contributed by atoms with van der Waals surface area (Å²) in [6.45, 7) is 0.781. The van der Waals surface area contributed by atoms with Gasteiger partial charge in [0.1, 0.15) is 5.56 Å². The van der Waals surface area contributed by atoms with Gasteiger partial charge in [-0.3, -0.25) is 14.9 Å². The lowest BCUT2D eigenvalue weighted by molar-refractivity contribution is -0.385. The number of nitro groups is 1. The number of nitrogens with one attached hydrogen (secondary N) is 2. The summed E-state index contributed by atoms with van der Waals surface area (Å²) in [6.07, 6.45) is 0.579. The number of carbonyl (C=O) groups is 1. The number of ether oxygens (including phenoxy) is 1. The summed E-state index contributed by atoms with van der Waals surface area (Å²) in [7, 11) is 3.00. The Labute approximate surface area is 115 Å².